The summed E-state index contributed by atoms with van der Waals surface area (Å²) in [6, 6.07) is 8.84. The number of aliphatic carboxylic acids is 1. The minimum absolute atomic E-state index is 0.00318. The van der Waals surface area contributed by atoms with Gasteiger partial charge in [0, 0.05) is 17.3 Å². The van der Waals surface area contributed by atoms with E-state index in [1.165, 1.54) is 6.92 Å². The van der Waals surface area contributed by atoms with Crippen LogP contribution in [0.4, 0.5) is 5.69 Å². The van der Waals surface area contributed by atoms with Crippen LogP contribution in [0.5, 0.6) is 0 Å². The first-order valence-corrected chi connectivity index (χ1v) is 4.37. The van der Waals surface area contributed by atoms with Gasteiger partial charge in [-0.05, 0) is 19.1 Å². The largest absolute Gasteiger partial charge is 0.478 e. The molecule has 1 amide bonds. The summed E-state index contributed by atoms with van der Waals surface area (Å²) in [6.07, 6.45) is 1.05. The van der Waals surface area contributed by atoms with Crippen LogP contribution in [0.3, 0.4) is 0 Å². The van der Waals surface area contributed by atoms with Gasteiger partial charge in [-0.3, -0.25) is 4.79 Å². The second-order valence-electron chi connectivity index (χ2n) is 2.99. The van der Waals surface area contributed by atoms with Gasteiger partial charge in [0.2, 0.25) is 5.91 Å². The Morgan fingerprint density at radius 3 is 2.40 bits per heavy atom. The first-order valence-electron chi connectivity index (χ1n) is 4.37. The number of carboxylic acids is 1. The second kappa shape index (κ2) is 4.95. The van der Waals surface area contributed by atoms with E-state index in [0.29, 0.717) is 5.69 Å². The molecule has 78 valence electrons. The van der Waals surface area contributed by atoms with Crippen molar-refractivity contribution in [1.29, 1.82) is 0 Å². The van der Waals surface area contributed by atoms with E-state index in [-0.39, 0.29) is 5.57 Å². The summed E-state index contributed by atoms with van der Waals surface area (Å²) in [4.78, 5) is 21.7. The van der Waals surface area contributed by atoms with Crippen molar-refractivity contribution in [1.82, 2.24) is 0 Å². The predicted molar refractivity (Wildman–Crippen MR) is 56.5 cm³/mol. The van der Waals surface area contributed by atoms with E-state index >= 15 is 0 Å². The summed E-state index contributed by atoms with van der Waals surface area (Å²) >= 11 is 0. The van der Waals surface area contributed by atoms with Gasteiger partial charge in [-0.15, -0.1) is 0 Å². The summed E-state index contributed by atoms with van der Waals surface area (Å²) < 4.78 is 0. The number of nitrogens with one attached hydrogen (secondary N) is 1. The van der Waals surface area contributed by atoms with Crippen LogP contribution in [0.2, 0.25) is 0 Å². The first-order chi connectivity index (χ1) is 7.09. The van der Waals surface area contributed by atoms with Crippen molar-refractivity contribution in [3.63, 3.8) is 0 Å². The minimum atomic E-state index is -1.10. The zero-order valence-electron chi connectivity index (χ0n) is 8.23. The average molecular weight is 205 g/mol. The summed E-state index contributed by atoms with van der Waals surface area (Å²) in [7, 11) is 0. The van der Waals surface area contributed by atoms with E-state index in [1.807, 2.05) is 6.07 Å². The van der Waals surface area contributed by atoms with E-state index in [1.54, 1.807) is 24.3 Å². The molecule has 0 fully saturated rings. The molecule has 0 aliphatic heterocycles. The number of hydrogen-bond donors (Lipinski definition) is 2. The lowest BCUT2D eigenvalue weighted by Gasteiger charge is -2.01. The Morgan fingerprint density at radius 1 is 1.27 bits per heavy atom. The third-order valence-corrected chi connectivity index (χ3v) is 1.73. The summed E-state index contributed by atoms with van der Waals surface area (Å²) in [5, 5.41) is 11.1. The lowest BCUT2D eigenvalue weighted by atomic mass is 10.2. The Kier molecular flexibility index (Phi) is 3.62. The van der Waals surface area contributed by atoms with Gasteiger partial charge in [0.15, 0.2) is 0 Å². The molecule has 2 N–H and O–H groups in total. The van der Waals surface area contributed by atoms with Crippen LogP contribution < -0.4 is 5.32 Å². The molecule has 0 bridgehead atoms. The monoisotopic (exact) mass is 205 g/mol. The molecule has 1 aromatic carbocycles. The Morgan fingerprint density at radius 2 is 1.87 bits per heavy atom. The Balaban J connectivity index is 2.65. The van der Waals surface area contributed by atoms with E-state index in [9.17, 15) is 9.59 Å². The predicted octanol–water partition coefficient (Wildman–Crippen LogP) is 1.66. The molecule has 0 aliphatic carbocycles. The van der Waals surface area contributed by atoms with Crippen molar-refractivity contribution in [3.05, 3.63) is 42.0 Å². The van der Waals surface area contributed by atoms with Crippen molar-refractivity contribution in [2.24, 2.45) is 0 Å². The summed E-state index contributed by atoms with van der Waals surface area (Å²) in [5.41, 5.74) is 0.639. The number of rotatable bonds is 3. The number of anilines is 1. The van der Waals surface area contributed by atoms with E-state index in [0.717, 1.165) is 6.08 Å². The molecular weight excluding hydrogens is 194 g/mol. The normalized spacial score (nSPS) is 10.9. The maximum Gasteiger partial charge on any atom is 0.331 e. The molecule has 15 heavy (non-hydrogen) atoms. The Bertz CT molecular complexity index is 396. The highest BCUT2D eigenvalue weighted by Gasteiger charge is 2.03. The zero-order chi connectivity index (χ0) is 11.3. The zero-order valence-corrected chi connectivity index (χ0v) is 8.23. The van der Waals surface area contributed by atoms with Crippen LogP contribution in [0.25, 0.3) is 0 Å². The fourth-order valence-corrected chi connectivity index (χ4v) is 0.958. The quantitative estimate of drug-likeness (QED) is 0.737. The van der Waals surface area contributed by atoms with Crippen molar-refractivity contribution in [3.8, 4) is 0 Å². The van der Waals surface area contributed by atoms with Crippen molar-refractivity contribution < 1.29 is 14.7 Å². The number of amides is 1. The maximum atomic E-state index is 11.3. The van der Waals surface area contributed by atoms with Gasteiger partial charge >= 0.3 is 5.97 Å². The molecule has 0 aliphatic rings. The fourth-order valence-electron chi connectivity index (χ4n) is 0.958. The molecule has 0 saturated heterocycles. The molecular formula is C11H11NO3. The highest BCUT2D eigenvalue weighted by atomic mass is 16.4. The lowest BCUT2D eigenvalue weighted by molar-refractivity contribution is -0.132. The molecule has 0 radical (unpaired) electrons. The van der Waals surface area contributed by atoms with Gasteiger partial charge in [-0.2, -0.15) is 0 Å². The standard InChI is InChI=1S/C11H11NO3/c1-8(11(14)15)7-10(13)12-9-5-3-2-4-6-9/h2-7H,1H3,(H,12,13)(H,14,15)/b8-7+. The first kappa shape index (κ1) is 11.0. The molecule has 0 unspecified atom stereocenters. The molecule has 0 heterocycles. The van der Waals surface area contributed by atoms with Gasteiger partial charge < -0.3 is 10.4 Å². The van der Waals surface area contributed by atoms with E-state index in [4.69, 9.17) is 5.11 Å². The highest BCUT2D eigenvalue weighted by molar-refractivity contribution is 6.04. The number of carbonyl (C=O) groups excluding carboxylic acids is 1. The number of carbonyl (C=O) groups is 2. The van der Waals surface area contributed by atoms with Crippen LogP contribution in [0.1, 0.15) is 6.92 Å². The molecule has 1 aromatic rings. The Labute approximate surface area is 87.2 Å². The maximum absolute atomic E-state index is 11.3. The van der Waals surface area contributed by atoms with E-state index in [2.05, 4.69) is 5.32 Å². The van der Waals surface area contributed by atoms with Crippen LogP contribution in [-0.2, 0) is 9.59 Å². The summed E-state index contributed by atoms with van der Waals surface area (Å²) in [5.74, 6) is -1.54. The number of carboxylic acid groups (broad SMARTS) is 1. The number of hydrogen-bond acceptors (Lipinski definition) is 2. The van der Waals surface area contributed by atoms with Gasteiger partial charge in [0.1, 0.15) is 0 Å². The fraction of sp³-hybridized carbons (Fsp3) is 0.0909. The molecule has 0 aromatic heterocycles. The van der Waals surface area contributed by atoms with Gasteiger partial charge in [0.05, 0.1) is 0 Å². The third kappa shape index (κ3) is 3.64. The third-order valence-electron chi connectivity index (χ3n) is 1.73. The van der Waals surface area contributed by atoms with Crippen LogP contribution in [0.15, 0.2) is 42.0 Å². The highest BCUT2D eigenvalue weighted by Crippen LogP contribution is 2.05. The van der Waals surface area contributed by atoms with Crippen LogP contribution >= 0.6 is 0 Å². The molecule has 4 nitrogen and oxygen atoms in total. The molecule has 1 rings (SSSR count). The second-order valence-corrected chi connectivity index (χ2v) is 2.99. The molecule has 0 atom stereocenters. The van der Waals surface area contributed by atoms with Crippen molar-refractivity contribution in [2.45, 2.75) is 6.92 Å². The smallest absolute Gasteiger partial charge is 0.331 e. The van der Waals surface area contributed by atoms with Gasteiger partial charge in [-0.1, -0.05) is 18.2 Å². The van der Waals surface area contributed by atoms with Crippen LogP contribution in [-0.4, -0.2) is 17.0 Å². The Hall–Kier alpha value is -2.10. The van der Waals surface area contributed by atoms with Crippen LogP contribution in [0, 0.1) is 0 Å². The van der Waals surface area contributed by atoms with Gasteiger partial charge in [0.25, 0.3) is 0 Å². The van der Waals surface area contributed by atoms with Crippen molar-refractivity contribution >= 4 is 17.6 Å². The lowest BCUT2D eigenvalue weighted by Crippen LogP contribution is -2.10. The summed E-state index contributed by atoms with van der Waals surface area (Å²) in [6.45, 7) is 1.37. The minimum Gasteiger partial charge on any atom is -0.478 e. The number of para-hydroxylation sites is 1. The average Bonchev–Trinajstić information content (AvgIpc) is 2.18. The molecule has 0 saturated carbocycles. The number of benzene rings is 1. The SMILES string of the molecule is C/C(=C\C(=O)Nc1ccccc1)C(=O)O. The molecule has 0 spiro atoms. The van der Waals surface area contributed by atoms with Crippen molar-refractivity contribution in [2.75, 3.05) is 5.32 Å². The topological polar surface area (TPSA) is 66.4 Å². The molecule has 4 heteroatoms. The van der Waals surface area contributed by atoms with Gasteiger partial charge in [-0.25, -0.2) is 4.79 Å². The van der Waals surface area contributed by atoms with E-state index < -0.39 is 11.9 Å².